The zero-order chi connectivity index (χ0) is 16.9. The van der Waals surface area contributed by atoms with Crippen LogP contribution in [-0.4, -0.2) is 37.0 Å². The summed E-state index contributed by atoms with van der Waals surface area (Å²) in [5.74, 6) is 0.00808. The summed E-state index contributed by atoms with van der Waals surface area (Å²) in [4.78, 5) is 16.4. The Morgan fingerprint density at radius 1 is 0.875 bits per heavy atom. The topological polar surface area (TPSA) is 23.6 Å². The van der Waals surface area contributed by atoms with E-state index in [0.29, 0.717) is 18.1 Å². The molecule has 0 unspecified atom stereocenters. The summed E-state index contributed by atoms with van der Waals surface area (Å²) in [6, 6.07) is 15.3. The van der Waals surface area contributed by atoms with Crippen molar-refractivity contribution in [3.63, 3.8) is 0 Å². The number of rotatable bonds is 3. The van der Waals surface area contributed by atoms with Crippen molar-refractivity contribution in [1.29, 1.82) is 0 Å². The van der Waals surface area contributed by atoms with E-state index >= 15 is 0 Å². The van der Waals surface area contributed by atoms with Crippen LogP contribution in [0, 0.1) is 0 Å². The zero-order valence-electron chi connectivity index (χ0n) is 13.2. The summed E-state index contributed by atoms with van der Waals surface area (Å²) in [7, 11) is 0. The van der Waals surface area contributed by atoms with Crippen LogP contribution in [0.1, 0.15) is 5.56 Å². The summed E-state index contributed by atoms with van der Waals surface area (Å²) in [5, 5.41) is 1.39. The highest BCUT2D eigenvalue weighted by Crippen LogP contribution is 2.26. The van der Waals surface area contributed by atoms with Gasteiger partial charge in [0.1, 0.15) is 0 Å². The van der Waals surface area contributed by atoms with Crippen LogP contribution < -0.4 is 4.90 Å². The number of carbonyl (C=O) groups is 1. The molecule has 1 fully saturated rings. The maximum atomic E-state index is 12.3. The average Bonchev–Trinajstić information content (AvgIpc) is 2.61. The summed E-state index contributed by atoms with van der Waals surface area (Å²) >= 11 is 12.3. The first-order valence-corrected chi connectivity index (χ1v) is 8.62. The van der Waals surface area contributed by atoms with Crippen molar-refractivity contribution in [2.75, 3.05) is 31.1 Å². The Morgan fingerprint density at radius 3 is 2.17 bits per heavy atom. The Bertz CT molecular complexity index is 753. The van der Waals surface area contributed by atoms with E-state index < -0.39 is 0 Å². The number of piperazine rings is 1. The number of hydrogen-bond donors (Lipinski definition) is 0. The van der Waals surface area contributed by atoms with Gasteiger partial charge in [-0.1, -0.05) is 53.5 Å². The van der Waals surface area contributed by atoms with E-state index in [1.54, 1.807) is 12.2 Å². The van der Waals surface area contributed by atoms with Gasteiger partial charge in [-0.25, -0.2) is 0 Å². The molecule has 0 aliphatic carbocycles. The predicted octanol–water partition coefficient (Wildman–Crippen LogP) is 4.36. The molecule has 0 aromatic heterocycles. The number of para-hydroxylation sites is 1. The molecule has 0 spiro atoms. The van der Waals surface area contributed by atoms with Gasteiger partial charge in [0.15, 0.2) is 0 Å². The Kier molecular flexibility index (Phi) is 5.44. The van der Waals surface area contributed by atoms with Gasteiger partial charge in [0.2, 0.25) is 5.91 Å². The van der Waals surface area contributed by atoms with Crippen molar-refractivity contribution in [1.82, 2.24) is 4.90 Å². The summed E-state index contributed by atoms with van der Waals surface area (Å²) in [5.41, 5.74) is 1.88. The highest BCUT2D eigenvalue weighted by Gasteiger charge is 2.20. The van der Waals surface area contributed by atoms with Crippen LogP contribution >= 0.6 is 23.2 Å². The van der Waals surface area contributed by atoms with E-state index in [1.165, 1.54) is 0 Å². The largest absolute Gasteiger partial charge is 0.367 e. The molecule has 2 aromatic carbocycles. The lowest BCUT2D eigenvalue weighted by Gasteiger charge is -2.36. The van der Waals surface area contributed by atoms with E-state index in [-0.39, 0.29) is 5.91 Å². The molecule has 1 aliphatic heterocycles. The van der Waals surface area contributed by atoms with Gasteiger partial charge in [0, 0.05) is 37.3 Å². The molecule has 1 aliphatic rings. The summed E-state index contributed by atoms with van der Waals surface area (Å²) in [6.07, 6.45) is 3.36. The van der Waals surface area contributed by atoms with E-state index in [1.807, 2.05) is 53.4 Å². The molecule has 0 atom stereocenters. The van der Waals surface area contributed by atoms with Crippen LogP contribution in [0.2, 0.25) is 10.0 Å². The van der Waals surface area contributed by atoms with E-state index in [9.17, 15) is 4.79 Å². The number of halogens is 2. The normalized spacial score (nSPS) is 15.1. The molecule has 1 heterocycles. The number of anilines is 1. The molecule has 0 radical (unpaired) electrons. The van der Waals surface area contributed by atoms with Crippen LogP contribution in [0.15, 0.2) is 54.6 Å². The van der Waals surface area contributed by atoms with Crippen LogP contribution in [0.25, 0.3) is 6.08 Å². The fourth-order valence-corrected chi connectivity index (χ4v) is 3.21. The van der Waals surface area contributed by atoms with Crippen LogP contribution in [0.3, 0.4) is 0 Å². The van der Waals surface area contributed by atoms with Crippen LogP contribution in [0.4, 0.5) is 5.69 Å². The maximum absolute atomic E-state index is 12.3. The molecule has 24 heavy (non-hydrogen) atoms. The second-order valence-electron chi connectivity index (χ2n) is 5.62. The molecule has 3 rings (SSSR count). The predicted molar refractivity (Wildman–Crippen MR) is 101 cm³/mol. The minimum Gasteiger partial charge on any atom is -0.367 e. The molecule has 5 heteroatoms. The molecule has 0 N–H and O–H groups in total. The second-order valence-corrected chi connectivity index (χ2v) is 6.43. The smallest absolute Gasteiger partial charge is 0.246 e. The first kappa shape index (κ1) is 16.9. The standard InChI is InChI=1S/C19H18Cl2N2O/c20-16-6-2-1-5-15(16)9-10-19(24)23-13-11-22(12-14-23)18-8-4-3-7-17(18)21/h1-10H,11-14H2/b10-9+. The Hall–Kier alpha value is -1.97. The van der Waals surface area contributed by atoms with Crippen LogP contribution in [-0.2, 0) is 4.79 Å². The lowest BCUT2D eigenvalue weighted by molar-refractivity contribution is -0.126. The Morgan fingerprint density at radius 2 is 1.50 bits per heavy atom. The number of carbonyl (C=O) groups excluding carboxylic acids is 1. The van der Waals surface area contributed by atoms with Crippen molar-refractivity contribution in [2.45, 2.75) is 0 Å². The molecule has 3 nitrogen and oxygen atoms in total. The van der Waals surface area contributed by atoms with Crippen molar-refractivity contribution < 1.29 is 4.79 Å². The van der Waals surface area contributed by atoms with Crippen molar-refractivity contribution in [3.05, 3.63) is 70.2 Å². The third-order valence-corrected chi connectivity index (χ3v) is 4.76. The Labute approximate surface area is 152 Å². The lowest BCUT2D eigenvalue weighted by Crippen LogP contribution is -2.48. The SMILES string of the molecule is O=C(/C=C/c1ccccc1Cl)N1CCN(c2ccccc2Cl)CC1. The van der Waals surface area contributed by atoms with Crippen LogP contribution in [0.5, 0.6) is 0 Å². The first-order chi connectivity index (χ1) is 11.6. The molecular weight excluding hydrogens is 343 g/mol. The van der Waals surface area contributed by atoms with E-state index in [4.69, 9.17) is 23.2 Å². The van der Waals surface area contributed by atoms with Gasteiger partial charge in [0.25, 0.3) is 0 Å². The highest BCUT2D eigenvalue weighted by molar-refractivity contribution is 6.33. The van der Waals surface area contributed by atoms with Crippen molar-refractivity contribution in [3.8, 4) is 0 Å². The number of nitrogens with zero attached hydrogens (tertiary/aromatic N) is 2. The Balaban J connectivity index is 1.59. The van der Waals surface area contributed by atoms with E-state index in [0.717, 1.165) is 29.4 Å². The third kappa shape index (κ3) is 3.92. The minimum absolute atomic E-state index is 0.00808. The fraction of sp³-hybridized carbons (Fsp3) is 0.211. The summed E-state index contributed by atoms with van der Waals surface area (Å²) < 4.78 is 0. The van der Waals surface area contributed by atoms with Gasteiger partial charge in [-0.15, -0.1) is 0 Å². The molecule has 2 aromatic rings. The molecule has 0 bridgehead atoms. The molecule has 0 saturated carbocycles. The van der Waals surface area contributed by atoms with Gasteiger partial charge in [-0.05, 0) is 29.8 Å². The van der Waals surface area contributed by atoms with Gasteiger partial charge in [-0.3, -0.25) is 4.79 Å². The van der Waals surface area contributed by atoms with E-state index in [2.05, 4.69) is 4.90 Å². The maximum Gasteiger partial charge on any atom is 0.246 e. The minimum atomic E-state index is 0.00808. The lowest BCUT2D eigenvalue weighted by atomic mass is 10.2. The molecular formula is C19H18Cl2N2O. The van der Waals surface area contributed by atoms with Crippen molar-refractivity contribution in [2.24, 2.45) is 0 Å². The summed E-state index contributed by atoms with van der Waals surface area (Å²) in [6.45, 7) is 2.90. The van der Waals surface area contributed by atoms with Gasteiger partial charge < -0.3 is 9.80 Å². The quantitative estimate of drug-likeness (QED) is 0.759. The molecule has 124 valence electrons. The third-order valence-electron chi connectivity index (χ3n) is 4.10. The molecule has 1 amide bonds. The van der Waals surface area contributed by atoms with Crippen molar-refractivity contribution >= 4 is 40.9 Å². The highest BCUT2D eigenvalue weighted by atomic mass is 35.5. The van der Waals surface area contributed by atoms with Gasteiger partial charge in [0.05, 0.1) is 10.7 Å². The zero-order valence-corrected chi connectivity index (χ0v) is 14.7. The average molecular weight is 361 g/mol. The number of benzene rings is 2. The number of amides is 1. The van der Waals surface area contributed by atoms with Gasteiger partial charge in [-0.2, -0.15) is 0 Å². The second kappa shape index (κ2) is 7.73. The monoisotopic (exact) mass is 360 g/mol. The number of hydrogen-bond acceptors (Lipinski definition) is 2. The fourth-order valence-electron chi connectivity index (χ4n) is 2.75. The van der Waals surface area contributed by atoms with Gasteiger partial charge >= 0.3 is 0 Å². The molecule has 1 saturated heterocycles. The first-order valence-electron chi connectivity index (χ1n) is 7.86.